The molecule has 5 atom stereocenters. The van der Waals surface area contributed by atoms with E-state index in [0.717, 1.165) is 43.2 Å². The van der Waals surface area contributed by atoms with Crippen LogP contribution in [0.2, 0.25) is 0 Å². The van der Waals surface area contributed by atoms with E-state index in [1.165, 1.54) is 44.9 Å². The summed E-state index contributed by atoms with van der Waals surface area (Å²) >= 11 is 0. The first-order chi connectivity index (χ1) is 18.6. The van der Waals surface area contributed by atoms with Crippen molar-refractivity contribution < 1.29 is 14.3 Å². The molecule has 6 N–H and O–H groups in total. The van der Waals surface area contributed by atoms with Gasteiger partial charge in [0.05, 0.1) is 6.61 Å². The molecule has 0 spiro atoms. The van der Waals surface area contributed by atoms with E-state index < -0.39 is 0 Å². The quantitative estimate of drug-likeness (QED) is 0.169. The molecule has 0 saturated heterocycles. The largest absolute Gasteiger partial charge is 0.478 e. The minimum atomic E-state index is -0.255. The fourth-order valence-electron chi connectivity index (χ4n) is 7.28. The topological polar surface area (TPSA) is 129 Å². The lowest BCUT2D eigenvalue weighted by Gasteiger charge is -2.45. The van der Waals surface area contributed by atoms with Crippen molar-refractivity contribution in [2.24, 2.45) is 35.3 Å². The third-order valence-corrected chi connectivity index (χ3v) is 9.33. The molecule has 8 nitrogen and oxygen atoms in total. The first-order valence-corrected chi connectivity index (χ1v) is 14.6. The molecule has 2 amide bonds. The van der Waals surface area contributed by atoms with Crippen LogP contribution in [-0.4, -0.2) is 43.8 Å². The Morgan fingerprint density at radius 3 is 2.68 bits per heavy atom. The minimum absolute atomic E-state index is 0.165. The normalized spacial score (nSPS) is 28.8. The Bertz CT molecular complexity index is 1050. The van der Waals surface area contributed by atoms with E-state index in [0.29, 0.717) is 42.8 Å². The Morgan fingerprint density at radius 1 is 1.05 bits per heavy atom. The molecule has 5 rings (SSSR count). The van der Waals surface area contributed by atoms with Crippen LogP contribution in [0.25, 0.3) is 0 Å². The van der Waals surface area contributed by atoms with Crippen LogP contribution < -0.4 is 21.7 Å². The third-order valence-electron chi connectivity index (χ3n) is 9.33. The summed E-state index contributed by atoms with van der Waals surface area (Å²) in [5, 5.41) is 17.5. The second-order valence-electron chi connectivity index (χ2n) is 11.8. The highest BCUT2D eigenvalue weighted by molar-refractivity contribution is 6.12. The first-order valence-electron chi connectivity index (χ1n) is 14.6. The smallest absolute Gasteiger partial charge is 0.258 e. The van der Waals surface area contributed by atoms with Gasteiger partial charge >= 0.3 is 0 Å². The van der Waals surface area contributed by atoms with E-state index in [2.05, 4.69) is 16.0 Å². The predicted molar refractivity (Wildman–Crippen MR) is 149 cm³/mol. The highest BCUT2D eigenvalue weighted by Gasteiger charge is 2.52. The zero-order valence-electron chi connectivity index (χ0n) is 22.3. The zero-order valence-corrected chi connectivity index (χ0v) is 22.3. The molecule has 5 unspecified atom stereocenters. The van der Waals surface area contributed by atoms with E-state index in [1.807, 2.05) is 6.07 Å². The van der Waals surface area contributed by atoms with Gasteiger partial charge in [0, 0.05) is 36.6 Å². The molecule has 206 valence electrons. The van der Waals surface area contributed by atoms with Crippen LogP contribution in [-0.2, 0) is 9.53 Å². The summed E-state index contributed by atoms with van der Waals surface area (Å²) in [6.45, 7) is 1.27. The van der Waals surface area contributed by atoms with Gasteiger partial charge in [-0.05, 0) is 92.7 Å². The van der Waals surface area contributed by atoms with Gasteiger partial charge in [0.15, 0.2) is 0 Å². The number of ether oxygens (including phenoxy) is 1. The maximum atomic E-state index is 13.6. The summed E-state index contributed by atoms with van der Waals surface area (Å²) in [4.78, 5) is 26.1. The summed E-state index contributed by atoms with van der Waals surface area (Å²) in [6, 6.07) is 7.25. The molecular formula is C30H43N5O3. The lowest BCUT2D eigenvalue weighted by Crippen LogP contribution is -2.50. The third kappa shape index (κ3) is 6.06. The van der Waals surface area contributed by atoms with Crippen molar-refractivity contribution in [3.05, 3.63) is 41.3 Å². The van der Waals surface area contributed by atoms with Crippen LogP contribution in [0, 0.1) is 35.0 Å². The number of anilines is 1. The number of rotatable bonds is 11. The number of amides is 2. The molecule has 0 aliphatic heterocycles. The Labute approximate surface area is 226 Å². The number of nitrogens with two attached hydrogens (primary N) is 1. The highest BCUT2D eigenvalue weighted by atomic mass is 16.5. The van der Waals surface area contributed by atoms with Gasteiger partial charge in [-0.2, -0.15) is 0 Å². The molecule has 8 heteroatoms. The van der Waals surface area contributed by atoms with E-state index in [1.54, 1.807) is 18.2 Å². The molecule has 38 heavy (non-hydrogen) atoms. The van der Waals surface area contributed by atoms with Gasteiger partial charge in [0.25, 0.3) is 11.8 Å². The first kappa shape index (κ1) is 26.7. The molecule has 0 heterocycles. The van der Waals surface area contributed by atoms with Gasteiger partial charge in [-0.3, -0.25) is 9.59 Å². The lowest BCUT2D eigenvalue weighted by atomic mass is 9.63. The lowest BCUT2D eigenvalue weighted by molar-refractivity contribution is -0.119. The Balaban J connectivity index is 1.34. The van der Waals surface area contributed by atoms with Crippen LogP contribution in [0.4, 0.5) is 5.69 Å². The SMILES string of the molecule is N=C/C(C(=O)NC1CCC2CC3CC1C3C2)=C(\Nc1cccc(C(=O)NCCN)c1)OCC1CCCCC1. The van der Waals surface area contributed by atoms with Gasteiger partial charge in [-0.25, -0.2) is 0 Å². The van der Waals surface area contributed by atoms with Crippen molar-refractivity contribution >= 4 is 23.7 Å². The highest BCUT2D eigenvalue weighted by Crippen LogP contribution is 2.58. The molecule has 0 aromatic heterocycles. The molecule has 4 fully saturated rings. The van der Waals surface area contributed by atoms with Crippen molar-refractivity contribution in [1.82, 2.24) is 10.6 Å². The molecule has 4 saturated carbocycles. The second kappa shape index (κ2) is 12.3. The van der Waals surface area contributed by atoms with E-state index in [4.69, 9.17) is 15.9 Å². The van der Waals surface area contributed by atoms with E-state index in [-0.39, 0.29) is 29.3 Å². The van der Waals surface area contributed by atoms with E-state index >= 15 is 0 Å². The van der Waals surface area contributed by atoms with Crippen molar-refractivity contribution in [1.29, 1.82) is 5.41 Å². The van der Waals surface area contributed by atoms with Crippen LogP contribution in [0.1, 0.15) is 74.6 Å². The minimum Gasteiger partial charge on any atom is -0.478 e. The maximum absolute atomic E-state index is 13.6. The number of fused-ring (bicyclic) bond motifs is 1. The summed E-state index contributed by atoms with van der Waals surface area (Å²) in [7, 11) is 0. The van der Waals surface area contributed by atoms with Crippen molar-refractivity contribution in [2.45, 2.75) is 70.3 Å². The van der Waals surface area contributed by atoms with Crippen molar-refractivity contribution in [2.75, 3.05) is 25.0 Å². The summed E-state index contributed by atoms with van der Waals surface area (Å²) in [5.41, 5.74) is 6.84. The number of nitrogens with one attached hydrogen (secondary N) is 4. The van der Waals surface area contributed by atoms with Crippen molar-refractivity contribution in [3.8, 4) is 0 Å². The summed E-state index contributed by atoms with van der Waals surface area (Å²) in [6.07, 6.45) is 13.1. The fraction of sp³-hybridized carbons (Fsp3) is 0.633. The maximum Gasteiger partial charge on any atom is 0.258 e. The molecule has 4 aliphatic carbocycles. The monoisotopic (exact) mass is 521 g/mol. The van der Waals surface area contributed by atoms with Crippen LogP contribution in [0.15, 0.2) is 35.7 Å². The van der Waals surface area contributed by atoms with Crippen LogP contribution in [0.3, 0.4) is 0 Å². The Morgan fingerprint density at radius 2 is 1.89 bits per heavy atom. The second-order valence-corrected chi connectivity index (χ2v) is 11.8. The number of benzene rings is 1. The molecule has 2 bridgehead atoms. The van der Waals surface area contributed by atoms with Gasteiger partial charge in [-0.1, -0.05) is 25.3 Å². The number of carbonyl (C=O) groups is 2. The van der Waals surface area contributed by atoms with Gasteiger partial charge in [0.2, 0.25) is 5.88 Å². The molecule has 1 aromatic carbocycles. The average Bonchev–Trinajstić information content (AvgIpc) is 3.16. The van der Waals surface area contributed by atoms with Gasteiger partial charge < -0.3 is 31.8 Å². The molecular weight excluding hydrogens is 478 g/mol. The van der Waals surface area contributed by atoms with Crippen LogP contribution in [0.5, 0.6) is 0 Å². The standard InChI is InChI=1S/C30H43N5O3/c31-11-12-33-28(36)21-7-4-8-23(15-21)34-30(38-18-19-5-2-1-3-6-19)26(17-32)29(37)35-27-10-9-20-13-22-16-25(27)24(22)14-20/h4,7-8,15,17,19-20,22,24-25,27,32,34H,1-3,5-6,9-14,16,18,31H2,(H,33,36)(H,35,37)/b30-26-,32-17?. The van der Waals surface area contributed by atoms with Crippen molar-refractivity contribution in [3.63, 3.8) is 0 Å². The number of hydrogen-bond donors (Lipinski definition) is 5. The zero-order chi connectivity index (χ0) is 26.5. The molecule has 4 aliphatic rings. The summed E-state index contributed by atoms with van der Waals surface area (Å²) < 4.78 is 6.26. The van der Waals surface area contributed by atoms with E-state index in [9.17, 15) is 9.59 Å². The van der Waals surface area contributed by atoms with Gasteiger partial charge in [-0.15, -0.1) is 0 Å². The average molecular weight is 522 g/mol. The summed E-state index contributed by atoms with van der Waals surface area (Å²) in [5.74, 6) is 3.25. The number of hydrogen-bond acceptors (Lipinski definition) is 6. The predicted octanol–water partition coefficient (Wildman–Crippen LogP) is 4.19. The number of carbonyl (C=O) groups excluding carboxylic acids is 2. The molecule has 1 aromatic rings. The fourth-order valence-corrected chi connectivity index (χ4v) is 7.28. The Hall–Kier alpha value is -2.87. The molecule has 0 radical (unpaired) electrons. The van der Waals surface area contributed by atoms with Crippen LogP contribution >= 0.6 is 0 Å². The van der Waals surface area contributed by atoms with Gasteiger partial charge in [0.1, 0.15) is 5.57 Å². The Kier molecular flexibility index (Phi) is 8.67.